The van der Waals surface area contributed by atoms with Crippen LogP contribution in [0.3, 0.4) is 0 Å². The Labute approximate surface area is 82.8 Å². The number of rotatable bonds is 3. The van der Waals surface area contributed by atoms with Gasteiger partial charge in [-0.15, -0.1) is 0 Å². The molecule has 5 heteroatoms. The van der Waals surface area contributed by atoms with E-state index in [1.54, 1.807) is 0 Å². The summed E-state index contributed by atoms with van der Waals surface area (Å²) in [5.41, 5.74) is 0. The molecule has 0 aliphatic carbocycles. The zero-order valence-electron chi connectivity index (χ0n) is 8.41. The first-order valence-electron chi connectivity index (χ1n) is 4.57. The lowest BCUT2D eigenvalue weighted by molar-refractivity contribution is -0.144. The van der Waals surface area contributed by atoms with E-state index in [1.807, 2.05) is 6.92 Å². The SMILES string of the molecule is COC(=O)CC(=O)NC1COCC1C. The first kappa shape index (κ1) is 11.0. The number of esters is 1. The van der Waals surface area contributed by atoms with Crippen molar-refractivity contribution in [3.63, 3.8) is 0 Å². The van der Waals surface area contributed by atoms with E-state index in [9.17, 15) is 9.59 Å². The minimum absolute atomic E-state index is 0.0205. The number of nitrogens with one attached hydrogen (secondary N) is 1. The molecule has 1 heterocycles. The summed E-state index contributed by atoms with van der Waals surface area (Å²) in [6, 6.07) is 0.0205. The maximum atomic E-state index is 11.2. The van der Waals surface area contributed by atoms with Gasteiger partial charge in [0.15, 0.2) is 0 Å². The molecular formula is C9H15NO4. The highest BCUT2D eigenvalue weighted by atomic mass is 16.5. The average Bonchev–Trinajstić information content (AvgIpc) is 2.51. The normalized spacial score (nSPS) is 25.9. The van der Waals surface area contributed by atoms with E-state index in [0.29, 0.717) is 19.1 Å². The maximum absolute atomic E-state index is 11.2. The molecule has 1 rings (SSSR count). The van der Waals surface area contributed by atoms with Crippen LogP contribution in [-0.4, -0.2) is 38.2 Å². The van der Waals surface area contributed by atoms with Crippen molar-refractivity contribution in [3.05, 3.63) is 0 Å². The summed E-state index contributed by atoms with van der Waals surface area (Å²) < 4.78 is 9.55. The number of carbonyl (C=O) groups is 2. The summed E-state index contributed by atoms with van der Waals surface area (Å²) in [7, 11) is 1.26. The molecule has 5 nitrogen and oxygen atoms in total. The monoisotopic (exact) mass is 201 g/mol. The van der Waals surface area contributed by atoms with Gasteiger partial charge in [-0.1, -0.05) is 6.92 Å². The number of amides is 1. The largest absolute Gasteiger partial charge is 0.469 e. The van der Waals surface area contributed by atoms with Crippen molar-refractivity contribution in [2.75, 3.05) is 20.3 Å². The van der Waals surface area contributed by atoms with Crippen LogP contribution < -0.4 is 5.32 Å². The van der Waals surface area contributed by atoms with Gasteiger partial charge in [0.1, 0.15) is 6.42 Å². The van der Waals surface area contributed by atoms with Crippen molar-refractivity contribution in [1.29, 1.82) is 0 Å². The summed E-state index contributed by atoms with van der Waals surface area (Å²) >= 11 is 0. The predicted octanol–water partition coefficient (Wildman–Crippen LogP) is -0.299. The highest BCUT2D eigenvalue weighted by molar-refractivity contribution is 5.94. The molecule has 0 saturated carbocycles. The van der Waals surface area contributed by atoms with Crippen molar-refractivity contribution >= 4 is 11.9 Å². The van der Waals surface area contributed by atoms with E-state index >= 15 is 0 Å². The number of carbonyl (C=O) groups excluding carboxylic acids is 2. The topological polar surface area (TPSA) is 64.6 Å². The molecular weight excluding hydrogens is 186 g/mol. The lowest BCUT2D eigenvalue weighted by Crippen LogP contribution is -2.39. The van der Waals surface area contributed by atoms with Crippen molar-refractivity contribution in [2.45, 2.75) is 19.4 Å². The van der Waals surface area contributed by atoms with Gasteiger partial charge in [-0.3, -0.25) is 9.59 Å². The Hall–Kier alpha value is -1.10. The van der Waals surface area contributed by atoms with Crippen molar-refractivity contribution in [1.82, 2.24) is 5.32 Å². The molecule has 2 atom stereocenters. The smallest absolute Gasteiger partial charge is 0.315 e. The van der Waals surface area contributed by atoms with Gasteiger partial charge >= 0.3 is 5.97 Å². The van der Waals surface area contributed by atoms with Gasteiger partial charge in [-0.05, 0) is 0 Å². The number of hydrogen-bond donors (Lipinski definition) is 1. The van der Waals surface area contributed by atoms with Crippen LogP contribution in [0.25, 0.3) is 0 Å². The van der Waals surface area contributed by atoms with Crippen LogP contribution >= 0.6 is 0 Å². The van der Waals surface area contributed by atoms with Crippen LogP contribution in [0.4, 0.5) is 0 Å². The highest BCUT2D eigenvalue weighted by Crippen LogP contribution is 2.12. The van der Waals surface area contributed by atoms with Gasteiger partial charge in [-0.25, -0.2) is 0 Å². The average molecular weight is 201 g/mol. The molecule has 1 aliphatic rings. The Balaban J connectivity index is 2.29. The van der Waals surface area contributed by atoms with Gasteiger partial charge in [-0.2, -0.15) is 0 Å². The zero-order valence-corrected chi connectivity index (χ0v) is 8.41. The molecule has 1 aliphatic heterocycles. The van der Waals surface area contributed by atoms with Crippen LogP contribution in [0.5, 0.6) is 0 Å². The van der Waals surface area contributed by atoms with Crippen molar-refractivity contribution in [2.24, 2.45) is 5.92 Å². The molecule has 0 aromatic rings. The summed E-state index contributed by atoms with van der Waals surface area (Å²) in [4.78, 5) is 22.0. The maximum Gasteiger partial charge on any atom is 0.315 e. The second kappa shape index (κ2) is 4.95. The summed E-state index contributed by atoms with van der Waals surface area (Å²) in [6.45, 7) is 3.17. The number of ether oxygens (including phenoxy) is 2. The predicted molar refractivity (Wildman–Crippen MR) is 48.5 cm³/mol. The van der Waals surface area contributed by atoms with Crippen LogP contribution in [0.2, 0.25) is 0 Å². The number of hydrogen-bond acceptors (Lipinski definition) is 4. The molecule has 1 saturated heterocycles. The van der Waals surface area contributed by atoms with E-state index < -0.39 is 5.97 Å². The van der Waals surface area contributed by atoms with Gasteiger partial charge in [0, 0.05) is 5.92 Å². The van der Waals surface area contributed by atoms with Gasteiger partial charge in [0.2, 0.25) is 5.91 Å². The minimum atomic E-state index is -0.519. The fourth-order valence-corrected chi connectivity index (χ4v) is 1.31. The fourth-order valence-electron chi connectivity index (χ4n) is 1.31. The molecule has 0 spiro atoms. The molecule has 0 bridgehead atoms. The third kappa shape index (κ3) is 2.99. The Morgan fingerprint density at radius 1 is 1.50 bits per heavy atom. The molecule has 0 aromatic carbocycles. The Morgan fingerprint density at radius 2 is 2.21 bits per heavy atom. The van der Waals surface area contributed by atoms with Crippen LogP contribution in [-0.2, 0) is 19.1 Å². The summed E-state index contributed by atoms with van der Waals surface area (Å²) in [5.74, 6) is -0.523. The molecule has 1 amide bonds. The standard InChI is InChI=1S/C9H15NO4/c1-6-4-14-5-7(6)10-8(11)3-9(12)13-2/h6-7H,3-5H2,1-2H3,(H,10,11). The molecule has 0 aromatic heterocycles. The lowest BCUT2D eigenvalue weighted by atomic mass is 10.1. The first-order valence-corrected chi connectivity index (χ1v) is 4.57. The second-order valence-electron chi connectivity index (χ2n) is 3.44. The lowest BCUT2D eigenvalue weighted by Gasteiger charge is -2.14. The number of methoxy groups -OCH3 is 1. The van der Waals surface area contributed by atoms with Crippen molar-refractivity contribution in [3.8, 4) is 0 Å². The van der Waals surface area contributed by atoms with Gasteiger partial charge in [0.05, 0.1) is 26.4 Å². The zero-order chi connectivity index (χ0) is 10.6. The van der Waals surface area contributed by atoms with E-state index in [-0.39, 0.29) is 18.4 Å². The molecule has 80 valence electrons. The van der Waals surface area contributed by atoms with Gasteiger partial charge in [0.25, 0.3) is 0 Å². The van der Waals surface area contributed by atoms with Crippen LogP contribution in [0.15, 0.2) is 0 Å². The van der Waals surface area contributed by atoms with Gasteiger partial charge < -0.3 is 14.8 Å². The van der Waals surface area contributed by atoms with E-state index in [1.165, 1.54) is 7.11 Å². The Kier molecular flexibility index (Phi) is 3.88. The fraction of sp³-hybridized carbons (Fsp3) is 0.778. The van der Waals surface area contributed by atoms with E-state index in [2.05, 4.69) is 10.1 Å². The summed E-state index contributed by atoms with van der Waals surface area (Å²) in [6.07, 6.45) is -0.223. The quantitative estimate of drug-likeness (QED) is 0.503. The second-order valence-corrected chi connectivity index (χ2v) is 3.44. The van der Waals surface area contributed by atoms with Crippen LogP contribution in [0.1, 0.15) is 13.3 Å². The molecule has 1 fully saturated rings. The van der Waals surface area contributed by atoms with E-state index in [4.69, 9.17) is 4.74 Å². The minimum Gasteiger partial charge on any atom is -0.469 e. The summed E-state index contributed by atoms with van der Waals surface area (Å²) in [5, 5.41) is 2.73. The third-order valence-corrected chi connectivity index (χ3v) is 2.24. The van der Waals surface area contributed by atoms with Crippen LogP contribution in [0, 0.1) is 5.92 Å². The Morgan fingerprint density at radius 3 is 2.71 bits per heavy atom. The highest BCUT2D eigenvalue weighted by Gasteiger charge is 2.26. The van der Waals surface area contributed by atoms with E-state index in [0.717, 1.165) is 0 Å². The first-order chi connectivity index (χ1) is 6.63. The van der Waals surface area contributed by atoms with Crippen molar-refractivity contribution < 1.29 is 19.1 Å². The molecule has 0 radical (unpaired) electrons. The Bertz CT molecular complexity index is 229. The molecule has 14 heavy (non-hydrogen) atoms. The molecule has 1 N–H and O–H groups in total. The molecule has 2 unspecified atom stereocenters. The third-order valence-electron chi connectivity index (χ3n) is 2.24.